The largest absolute Gasteiger partial charge is 0.326 e. The van der Waals surface area contributed by atoms with Crippen LogP contribution in [0.25, 0.3) is 0 Å². The summed E-state index contributed by atoms with van der Waals surface area (Å²) in [6.45, 7) is 3.06. The van der Waals surface area contributed by atoms with Gasteiger partial charge < -0.3 is 9.88 Å². The number of aromatic nitrogens is 2. The summed E-state index contributed by atoms with van der Waals surface area (Å²) in [7, 11) is 0. The SMILES string of the molecule is CCCn1ccnc1Nc1ccc(Cl)c(Cl)c1. The molecule has 1 N–H and O–H groups in total. The van der Waals surface area contributed by atoms with Crippen LogP contribution in [0.3, 0.4) is 0 Å². The molecule has 0 spiro atoms. The first-order chi connectivity index (χ1) is 8.20. The highest BCUT2D eigenvalue weighted by atomic mass is 35.5. The molecule has 0 atom stereocenters. The average molecular weight is 270 g/mol. The Bertz CT molecular complexity index is 508. The van der Waals surface area contributed by atoms with Crippen molar-refractivity contribution in [1.29, 1.82) is 0 Å². The monoisotopic (exact) mass is 269 g/mol. The molecule has 0 fully saturated rings. The van der Waals surface area contributed by atoms with Crippen LogP contribution < -0.4 is 5.32 Å². The number of nitrogens with zero attached hydrogens (tertiary/aromatic N) is 2. The number of aryl methyl sites for hydroxylation is 1. The lowest BCUT2D eigenvalue weighted by Crippen LogP contribution is -2.02. The van der Waals surface area contributed by atoms with Crippen molar-refractivity contribution in [1.82, 2.24) is 9.55 Å². The molecule has 17 heavy (non-hydrogen) atoms. The number of hydrogen-bond donors (Lipinski definition) is 1. The molecule has 0 radical (unpaired) electrons. The van der Waals surface area contributed by atoms with E-state index < -0.39 is 0 Å². The second-order valence-corrected chi connectivity index (χ2v) is 4.51. The summed E-state index contributed by atoms with van der Waals surface area (Å²) < 4.78 is 2.06. The van der Waals surface area contributed by atoms with Crippen molar-refractivity contribution in [2.45, 2.75) is 19.9 Å². The molecule has 0 saturated heterocycles. The third-order valence-corrected chi connectivity index (χ3v) is 3.09. The topological polar surface area (TPSA) is 29.9 Å². The second kappa shape index (κ2) is 5.43. The maximum Gasteiger partial charge on any atom is 0.207 e. The zero-order valence-electron chi connectivity index (χ0n) is 9.45. The van der Waals surface area contributed by atoms with E-state index in [1.54, 1.807) is 18.3 Å². The van der Waals surface area contributed by atoms with Gasteiger partial charge in [-0.2, -0.15) is 0 Å². The Kier molecular flexibility index (Phi) is 3.92. The van der Waals surface area contributed by atoms with Crippen LogP contribution in [0, 0.1) is 0 Å². The van der Waals surface area contributed by atoms with Crippen molar-refractivity contribution >= 4 is 34.8 Å². The molecule has 3 nitrogen and oxygen atoms in total. The summed E-state index contributed by atoms with van der Waals surface area (Å²) >= 11 is 11.8. The third-order valence-electron chi connectivity index (χ3n) is 2.36. The molecule has 5 heteroatoms. The number of halogens is 2. The van der Waals surface area contributed by atoms with Gasteiger partial charge in [0.05, 0.1) is 10.0 Å². The van der Waals surface area contributed by atoms with E-state index in [2.05, 4.69) is 21.8 Å². The summed E-state index contributed by atoms with van der Waals surface area (Å²) in [5, 5.41) is 4.30. The van der Waals surface area contributed by atoms with Crippen LogP contribution in [0.15, 0.2) is 30.6 Å². The first-order valence-electron chi connectivity index (χ1n) is 5.44. The number of imidazole rings is 1. The van der Waals surface area contributed by atoms with Crippen molar-refractivity contribution in [3.63, 3.8) is 0 Å². The number of hydrogen-bond acceptors (Lipinski definition) is 2. The maximum atomic E-state index is 5.96. The van der Waals surface area contributed by atoms with Crippen LogP contribution in [-0.2, 0) is 6.54 Å². The number of anilines is 2. The van der Waals surface area contributed by atoms with Crippen LogP contribution >= 0.6 is 23.2 Å². The molecule has 2 aromatic rings. The van der Waals surface area contributed by atoms with Gasteiger partial charge in [-0.15, -0.1) is 0 Å². The Morgan fingerprint density at radius 3 is 2.82 bits per heavy atom. The molecule has 0 amide bonds. The minimum absolute atomic E-state index is 0.533. The van der Waals surface area contributed by atoms with E-state index in [4.69, 9.17) is 23.2 Å². The van der Waals surface area contributed by atoms with E-state index in [1.165, 1.54) is 0 Å². The number of benzene rings is 1. The van der Waals surface area contributed by atoms with Crippen LogP contribution in [0.2, 0.25) is 10.0 Å². The van der Waals surface area contributed by atoms with Crippen LogP contribution in [-0.4, -0.2) is 9.55 Å². The lowest BCUT2D eigenvalue weighted by atomic mass is 10.3. The Hall–Kier alpha value is -1.19. The minimum Gasteiger partial charge on any atom is -0.326 e. The zero-order valence-corrected chi connectivity index (χ0v) is 11.0. The third kappa shape index (κ3) is 2.93. The summed E-state index contributed by atoms with van der Waals surface area (Å²) in [4.78, 5) is 4.26. The van der Waals surface area contributed by atoms with Gasteiger partial charge in [0.1, 0.15) is 0 Å². The van der Waals surface area contributed by atoms with Gasteiger partial charge in [-0.1, -0.05) is 30.1 Å². The normalized spacial score (nSPS) is 10.5. The van der Waals surface area contributed by atoms with Gasteiger partial charge in [0.2, 0.25) is 5.95 Å². The summed E-state index contributed by atoms with van der Waals surface area (Å²) in [5.74, 6) is 0.810. The molecular weight excluding hydrogens is 257 g/mol. The summed E-state index contributed by atoms with van der Waals surface area (Å²) in [6, 6.07) is 5.42. The van der Waals surface area contributed by atoms with Crippen molar-refractivity contribution in [3.8, 4) is 0 Å². The lowest BCUT2D eigenvalue weighted by molar-refractivity contribution is 0.686. The number of nitrogens with one attached hydrogen (secondary N) is 1. The number of rotatable bonds is 4. The molecule has 0 aliphatic heterocycles. The van der Waals surface area contributed by atoms with Gasteiger partial charge in [0.15, 0.2) is 0 Å². The molecule has 0 aliphatic rings. The Labute approximate surface area is 110 Å². The van der Waals surface area contributed by atoms with Gasteiger partial charge in [0, 0.05) is 24.6 Å². The predicted molar refractivity (Wildman–Crippen MR) is 72.3 cm³/mol. The minimum atomic E-state index is 0.533. The zero-order chi connectivity index (χ0) is 12.3. The van der Waals surface area contributed by atoms with Crippen molar-refractivity contribution in [2.75, 3.05) is 5.32 Å². The summed E-state index contributed by atoms with van der Waals surface area (Å²) in [5.41, 5.74) is 0.878. The molecule has 0 bridgehead atoms. The van der Waals surface area contributed by atoms with E-state index in [0.29, 0.717) is 10.0 Å². The Morgan fingerprint density at radius 2 is 2.12 bits per heavy atom. The molecule has 90 valence electrons. The molecule has 1 heterocycles. The summed E-state index contributed by atoms with van der Waals surface area (Å²) in [6.07, 6.45) is 4.78. The Morgan fingerprint density at radius 1 is 1.29 bits per heavy atom. The predicted octanol–water partition coefficient (Wildman–Crippen LogP) is 4.34. The van der Waals surface area contributed by atoms with Crippen molar-refractivity contribution in [2.24, 2.45) is 0 Å². The van der Waals surface area contributed by atoms with Crippen LogP contribution in [0.1, 0.15) is 13.3 Å². The second-order valence-electron chi connectivity index (χ2n) is 3.70. The smallest absolute Gasteiger partial charge is 0.207 e. The maximum absolute atomic E-state index is 5.96. The lowest BCUT2D eigenvalue weighted by Gasteiger charge is -2.09. The fourth-order valence-corrected chi connectivity index (χ4v) is 1.86. The van der Waals surface area contributed by atoms with E-state index in [-0.39, 0.29) is 0 Å². The highest BCUT2D eigenvalue weighted by Crippen LogP contribution is 2.26. The molecule has 0 aliphatic carbocycles. The fraction of sp³-hybridized carbons (Fsp3) is 0.250. The quantitative estimate of drug-likeness (QED) is 0.895. The van der Waals surface area contributed by atoms with Gasteiger partial charge in [-0.25, -0.2) is 4.98 Å². The molecular formula is C12H13Cl2N3. The molecule has 0 unspecified atom stereocenters. The molecule has 1 aromatic carbocycles. The average Bonchev–Trinajstić information content (AvgIpc) is 2.72. The highest BCUT2D eigenvalue weighted by molar-refractivity contribution is 6.42. The van der Waals surface area contributed by atoms with E-state index in [9.17, 15) is 0 Å². The van der Waals surface area contributed by atoms with Gasteiger partial charge in [0.25, 0.3) is 0 Å². The first-order valence-corrected chi connectivity index (χ1v) is 6.19. The highest BCUT2D eigenvalue weighted by Gasteiger charge is 2.04. The van der Waals surface area contributed by atoms with Gasteiger partial charge >= 0.3 is 0 Å². The molecule has 2 rings (SSSR count). The fourth-order valence-electron chi connectivity index (χ4n) is 1.56. The standard InChI is InChI=1S/C12H13Cl2N3/c1-2-6-17-7-5-15-12(17)16-9-3-4-10(13)11(14)8-9/h3-5,7-8H,2,6H2,1H3,(H,15,16). The van der Waals surface area contributed by atoms with E-state index in [0.717, 1.165) is 24.6 Å². The van der Waals surface area contributed by atoms with E-state index >= 15 is 0 Å². The van der Waals surface area contributed by atoms with Crippen molar-refractivity contribution < 1.29 is 0 Å². The van der Waals surface area contributed by atoms with Crippen LogP contribution in [0.4, 0.5) is 11.6 Å². The van der Waals surface area contributed by atoms with Gasteiger partial charge in [-0.05, 0) is 24.6 Å². The van der Waals surface area contributed by atoms with Crippen LogP contribution in [0.5, 0.6) is 0 Å². The molecule has 0 saturated carbocycles. The van der Waals surface area contributed by atoms with Crippen molar-refractivity contribution in [3.05, 3.63) is 40.6 Å². The first kappa shape index (κ1) is 12.3. The van der Waals surface area contributed by atoms with E-state index in [1.807, 2.05) is 12.3 Å². The Balaban J connectivity index is 2.19. The van der Waals surface area contributed by atoms with Gasteiger partial charge in [-0.3, -0.25) is 0 Å². The molecule has 1 aromatic heterocycles.